The van der Waals surface area contributed by atoms with Crippen molar-refractivity contribution in [1.82, 2.24) is 20.0 Å². The second-order valence-corrected chi connectivity index (χ2v) is 8.70. The van der Waals surface area contributed by atoms with Crippen molar-refractivity contribution in [2.75, 3.05) is 39.3 Å². The molecule has 0 radical (unpaired) electrons. The number of β-amino-alcohol motifs (C(OH)–C–C–N with tert-alkyl or cyclic N) is 1. The maximum Gasteiger partial charge on any atom is 0.224 e. The molecule has 1 aromatic carbocycles. The van der Waals surface area contributed by atoms with E-state index < -0.39 is 0 Å². The maximum atomic E-state index is 12.7. The monoisotopic (exact) mass is 402 g/mol. The highest BCUT2D eigenvalue weighted by Gasteiger charge is 2.56. The summed E-state index contributed by atoms with van der Waals surface area (Å²) in [6.07, 6.45) is 0.641. The van der Waals surface area contributed by atoms with Crippen molar-refractivity contribution in [2.24, 2.45) is 0 Å². The molecule has 2 atom stereocenters. The molecule has 29 heavy (non-hydrogen) atoms. The van der Waals surface area contributed by atoms with E-state index in [0.717, 1.165) is 18.7 Å². The molecule has 3 aliphatic rings. The molecule has 0 saturated carbocycles. The molecule has 158 valence electrons. The van der Waals surface area contributed by atoms with Gasteiger partial charge in [-0.05, 0) is 12.5 Å². The van der Waals surface area contributed by atoms with Gasteiger partial charge in [-0.2, -0.15) is 0 Å². The van der Waals surface area contributed by atoms with Gasteiger partial charge in [0.15, 0.2) is 0 Å². The van der Waals surface area contributed by atoms with Crippen LogP contribution in [0.25, 0.3) is 0 Å². The third-order valence-corrected chi connectivity index (χ3v) is 6.40. The largest absolute Gasteiger partial charge is 0.508 e. The number of nitrogens with one attached hydrogen (secondary N) is 1. The number of carbonyl (C=O) groups excluding carboxylic acids is 2. The zero-order valence-corrected chi connectivity index (χ0v) is 16.9. The number of nitrogens with zero attached hydrogens (tertiary/aromatic N) is 3. The number of phenolic OH excluding ortho intramolecular Hbond substituents is 1. The van der Waals surface area contributed by atoms with Gasteiger partial charge in [-0.15, -0.1) is 0 Å². The number of carbonyl (C=O) groups is 2. The lowest BCUT2D eigenvalue weighted by atomic mass is 9.83. The van der Waals surface area contributed by atoms with Gasteiger partial charge in [-0.1, -0.05) is 18.2 Å². The number of aliphatic hydroxyl groups excluding tert-OH is 1. The van der Waals surface area contributed by atoms with Crippen LogP contribution < -0.4 is 5.32 Å². The van der Waals surface area contributed by atoms with E-state index in [2.05, 4.69) is 15.1 Å². The lowest BCUT2D eigenvalue weighted by molar-refractivity contribution is -0.151. The molecular weight excluding hydrogens is 372 g/mol. The van der Waals surface area contributed by atoms with Gasteiger partial charge in [0.25, 0.3) is 0 Å². The van der Waals surface area contributed by atoms with Crippen LogP contribution in [0.2, 0.25) is 0 Å². The number of aromatic hydroxyl groups is 1. The number of para-hydroxylation sites is 1. The van der Waals surface area contributed by atoms with Gasteiger partial charge in [-0.25, -0.2) is 0 Å². The number of fused-ring (bicyclic) bond motifs is 2. The topological polar surface area (TPSA) is 96.3 Å². The molecule has 0 aliphatic carbocycles. The van der Waals surface area contributed by atoms with E-state index in [9.17, 15) is 19.8 Å². The van der Waals surface area contributed by atoms with E-state index in [1.54, 1.807) is 6.07 Å². The molecule has 0 aromatic heterocycles. The van der Waals surface area contributed by atoms with Gasteiger partial charge in [0.05, 0.1) is 11.6 Å². The number of amides is 2. The minimum absolute atomic E-state index is 0.0540. The second kappa shape index (κ2) is 7.93. The normalized spacial score (nSPS) is 26.2. The third-order valence-electron chi connectivity index (χ3n) is 6.40. The van der Waals surface area contributed by atoms with Gasteiger partial charge in [-0.3, -0.25) is 19.4 Å². The summed E-state index contributed by atoms with van der Waals surface area (Å²) in [6.45, 7) is 6.03. The quantitative estimate of drug-likeness (QED) is 0.629. The highest BCUT2D eigenvalue weighted by atomic mass is 16.3. The molecule has 4 rings (SSSR count). The van der Waals surface area contributed by atoms with E-state index in [4.69, 9.17) is 0 Å². The molecule has 0 unspecified atom stereocenters. The first-order valence-corrected chi connectivity index (χ1v) is 10.3. The molecule has 1 spiro atoms. The summed E-state index contributed by atoms with van der Waals surface area (Å²) in [5, 5.41) is 23.0. The summed E-state index contributed by atoms with van der Waals surface area (Å²) in [5.41, 5.74) is 0.758. The van der Waals surface area contributed by atoms with E-state index in [-0.39, 0.29) is 29.5 Å². The molecule has 2 amide bonds. The molecule has 8 heteroatoms. The Morgan fingerprint density at radius 1 is 1.21 bits per heavy atom. The number of phenols is 1. The molecule has 3 saturated heterocycles. The van der Waals surface area contributed by atoms with Gasteiger partial charge in [0.1, 0.15) is 5.75 Å². The Morgan fingerprint density at radius 2 is 1.97 bits per heavy atom. The van der Waals surface area contributed by atoms with Gasteiger partial charge >= 0.3 is 0 Å². The Bertz CT molecular complexity index is 780. The number of rotatable bonds is 5. The van der Waals surface area contributed by atoms with Crippen LogP contribution in [-0.2, 0) is 16.1 Å². The molecule has 8 nitrogen and oxygen atoms in total. The Labute approximate surface area is 171 Å². The number of hydrogen-bond acceptors (Lipinski definition) is 6. The molecular formula is C21H30N4O4. The van der Waals surface area contributed by atoms with Crippen molar-refractivity contribution >= 4 is 11.8 Å². The van der Waals surface area contributed by atoms with Crippen LogP contribution in [0, 0.1) is 0 Å². The molecule has 3 N–H and O–H groups in total. The highest BCUT2D eigenvalue weighted by molar-refractivity contribution is 5.78. The maximum absolute atomic E-state index is 12.7. The van der Waals surface area contributed by atoms with Crippen LogP contribution in [0.3, 0.4) is 0 Å². The smallest absolute Gasteiger partial charge is 0.224 e. The van der Waals surface area contributed by atoms with Crippen molar-refractivity contribution in [2.45, 2.75) is 44.0 Å². The van der Waals surface area contributed by atoms with E-state index in [1.165, 1.54) is 6.92 Å². The molecule has 3 aliphatic heterocycles. The van der Waals surface area contributed by atoms with Crippen molar-refractivity contribution in [3.63, 3.8) is 0 Å². The number of likely N-dealkylation sites (tertiary alicyclic amines) is 1. The standard InChI is InChI=1S/C21H30N4O4/c1-15(26)22-7-6-20(29)24-10-17-8-18(27)11-25(17)21(14-24)12-23(13-21)9-16-4-2-3-5-19(16)28/h2-5,17-18,27-28H,6-14H2,1H3,(H,22,26)/t17-,18+/m0/s1. The Hall–Kier alpha value is -2.16. The van der Waals surface area contributed by atoms with E-state index >= 15 is 0 Å². The first-order chi connectivity index (χ1) is 13.9. The third kappa shape index (κ3) is 4.10. The molecule has 3 fully saturated rings. The second-order valence-electron chi connectivity index (χ2n) is 8.70. The number of aliphatic hydroxyl groups is 1. The average Bonchev–Trinajstić information content (AvgIpc) is 3.02. The number of hydrogen-bond donors (Lipinski definition) is 3. The van der Waals surface area contributed by atoms with Gasteiger partial charge in [0.2, 0.25) is 11.8 Å². The molecule has 1 aromatic rings. The fourth-order valence-electron chi connectivity index (χ4n) is 5.17. The number of piperazine rings is 1. The predicted molar refractivity (Wildman–Crippen MR) is 107 cm³/mol. The fourth-order valence-corrected chi connectivity index (χ4v) is 5.17. The first kappa shape index (κ1) is 20.1. The zero-order chi connectivity index (χ0) is 20.6. The highest BCUT2D eigenvalue weighted by Crippen LogP contribution is 2.40. The summed E-state index contributed by atoms with van der Waals surface area (Å²) < 4.78 is 0. The minimum Gasteiger partial charge on any atom is -0.508 e. The fraction of sp³-hybridized carbons (Fsp3) is 0.619. The summed E-state index contributed by atoms with van der Waals surface area (Å²) >= 11 is 0. The summed E-state index contributed by atoms with van der Waals surface area (Å²) in [7, 11) is 0. The van der Waals surface area contributed by atoms with Gasteiger partial charge in [0, 0.05) is 70.8 Å². The summed E-state index contributed by atoms with van der Waals surface area (Å²) in [6, 6.07) is 7.55. The van der Waals surface area contributed by atoms with Crippen LogP contribution in [-0.4, -0.2) is 93.7 Å². The predicted octanol–water partition coefficient (Wildman–Crippen LogP) is -0.250. The first-order valence-electron chi connectivity index (χ1n) is 10.3. The Kier molecular flexibility index (Phi) is 5.50. The summed E-state index contributed by atoms with van der Waals surface area (Å²) in [4.78, 5) is 30.4. The number of benzene rings is 1. The Morgan fingerprint density at radius 3 is 2.69 bits per heavy atom. The summed E-state index contributed by atoms with van der Waals surface area (Å²) in [5.74, 6) is 0.233. The Balaban J connectivity index is 1.42. The van der Waals surface area contributed by atoms with Crippen molar-refractivity contribution in [3.05, 3.63) is 29.8 Å². The molecule has 0 bridgehead atoms. The van der Waals surface area contributed by atoms with E-state index in [1.807, 2.05) is 23.1 Å². The van der Waals surface area contributed by atoms with Gasteiger partial charge < -0.3 is 20.4 Å². The average molecular weight is 402 g/mol. The van der Waals surface area contributed by atoms with Crippen LogP contribution in [0.1, 0.15) is 25.3 Å². The van der Waals surface area contributed by atoms with Crippen molar-refractivity contribution < 1.29 is 19.8 Å². The van der Waals surface area contributed by atoms with Crippen molar-refractivity contribution in [1.29, 1.82) is 0 Å². The van der Waals surface area contributed by atoms with Crippen molar-refractivity contribution in [3.8, 4) is 5.75 Å². The molecule has 3 heterocycles. The zero-order valence-electron chi connectivity index (χ0n) is 16.9. The minimum atomic E-state index is -0.349. The van der Waals surface area contributed by atoms with Crippen LogP contribution in [0.15, 0.2) is 24.3 Å². The lowest BCUT2D eigenvalue weighted by Crippen LogP contribution is -2.78. The SMILES string of the molecule is CC(=O)NCCC(=O)N1C[C@@H]2C[C@@H](O)CN2C2(CN(Cc3ccccc3O)C2)C1. The van der Waals surface area contributed by atoms with Crippen LogP contribution in [0.5, 0.6) is 5.75 Å². The van der Waals surface area contributed by atoms with E-state index in [0.29, 0.717) is 51.3 Å². The van der Waals surface area contributed by atoms with Crippen LogP contribution in [0.4, 0.5) is 0 Å². The lowest BCUT2D eigenvalue weighted by Gasteiger charge is -2.61. The van der Waals surface area contributed by atoms with Crippen LogP contribution >= 0.6 is 0 Å².